The molecule has 0 spiro atoms. The van der Waals surface area contributed by atoms with Gasteiger partial charge in [0.15, 0.2) is 5.11 Å². The smallest absolute Gasteiger partial charge is 0.261 e. The van der Waals surface area contributed by atoms with E-state index in [9.17, 15) is 13.2 Å². The fraction of sp³-hybridized carbons (Fsp3) is 0.364. The van der Waals surface area contributed by atoms with Crippen molar-refractivity contribution in [2.75, 3.05) is 58.9 Å². The molecule has 2 aromatic carbocycles. The monoisotopic (exact) mass is 570 g/mol. The fourth-order valence-corrected chi connectivity index (χ4v) is 5.25. The molecular formula is C22H27BrN4O5S2. The van der Waals surface area contributed by atoms with Crippen molar-refractivity contribution in [2.45, 2.75) is 4.90 Å². The van der Waals surface area contributed by atoms with Crippen molar-refractivity contribution in [1.29, 1.82) is 0 Å². The predicted octanol–water partition coefficient (Wildman–Crippen LogP) is 2.54. The van der Waals surface area contributed by atoms with Crippen LogP contribution in [-0.4, -0.2) is 82.2 Å². The highest BCUT2D eigenvalue weighted by molar-refractivity contribution is 9.10. The summed E-state index contributed by atoms with van der Waals surface area (Å²) in [7, 11) is -0.0186. The first-order valence-electron chi connectivity index (χ1n) is 10.5. The maximum atomic E-state index is 12.9. The number of halogens is 1. The number of carbonyl (C=O) groups excluding carboxylic acids is 1. The average molecular weight is 572 g/mol. The van der Waals surface area contributed by atoms with E-state index in [0.29, 0.717) is 60.9 Å². The molecule has 0 unspecified atom stereocenters. The van der Waals surface area contributed by atoms with Crippen LogP contribution in [0.25, 0.3) is 0 Å². The highest BCUT2D eigenvalue weighted by Crippen LogP contribution is 2.24. The van der Waals surface area contributed by atoms with Gasteiger partial charge in [0, 0.05) is 43.4 Å². The van der Waals surface area contributed by atoms with Crippen LogP contribution in [0.15, 0.2) is 51.8 Å². The molecule has 2 N–H and O–H groups in total. The zero-order chi connectivity index (χ0) is 24.7. The molecule has 0 saturated carbocycles. The van der Waals surface area contributed by atoms with E-state index in [2.05, 4.69) is 31.5 Å². The lowest BCUT2D eigenvalue weighted by molar-refractivity contribution is 0.0969. The van der Waals surface area contributed by atoms with Crippen molar-refractivity contribution >= 4 is 54.9 Å². The highest BCUT2D eigenvalue weighted by Gasteiger charge is 2.27. The van der Waals surface area contributed by atoms with Crippen LogP contribution in [0.4, 0.5) is 5.69 Å². The van der Waals surface area contributed by atoms with E-state index in [1.54, 1.807) is 37.4 Å². The SMILES string of the molecule is COCCOc1ccc(Br)cc1C(=O)NC(=S)Nc1ccc(S(=O)(=O)N2CCN(C)CC2)cc1. The summed E-state index contributed by atoms with van der Waals surface area (Å²) in [5.74, 6) is -0.0421. The number of benzene rings is 2. The van der Waals surface area contributed by atoms with Crippen LogP contribution in [0.5, 0.6) is 5.75 Å². The Bertz CT molecular complexity index is 1120. The lowest BCUT2D eigenvalue weighted by Gasteiger charge is -2.31. The van der Waals surface area contributed by atoms with Crippen molar-refractivity contribution in [3.8, 4) is 5.75 Å². The van der Waals surface area contributed by atoms with Gasteiger partial charge in [0.1, 0.15) is 12.4 Å². The molecule has 1 fully saturated rings. The van der Waals surface area contributed by atoms with E-state index in [1.807, 2.05) is 7.05 Å². The molecule has 3 rings (SSSR count). The number of piperazine rings is 1. The van der Waals surface area contributed by atoms with Gasteiger partial charge < -0.3 is 19.7 Å². The fourth-order valence-electron chi connectivity index (χ4n) is 3.26. The number of ether oxygens (including phenoxy) is 2. The number of sulfonamides is 1. The number of methoxy groups -OCH3 is 1. The molecule has 184 valence electrons. The zero-order valence-corrected chi connectivity index (χ0v) is 22.1. The van der Waals surface area contributed by atoms with Crippen LogP contribution in [0.3, 0.4) is 0 Å². The van der Waals surface area contributed by atoms with Gasteiger partial charge in [0.25, 0.3) is 5.91 Å². The quantitative estimate of drug-likeness (QED) is 0.369. The van der Waals surface area contributed by atoms with Gasteiger partial charge >= 0.3 is 0 Å². The van der Waals surface area contributed by atoms with Gasteiger partial charge in [-0.1, -0.05) is 15.9 Å². The third-order valence-corrected chi connectivity index (χ3v) is 7.78. The van der Waals surface area contributed by atoms with Crippen molar-refractivity contribution in [1.82, 2.24) is 14.5 Å². The van der Waals surface area contributed by atoms with Crippen LogP contribution in [0, 0.1) is 0 Å². The Hall–Kier alpha value is -2.09. The van der Waals surface area contributed by atoms with Crippen molar-refractivity contribution in [2.24, 2.45) is 0 Å². The van der Waals surface area contributed by atoms with Crippen molar-refractivity contribution in [3.05, 3.63) is 52.5 Å². The lowest BCUT2D eigenvalue weighted by Crippen LogP contribution is -2.46. The van der Waals surface area contributed by atoms with Crippen LogP contribution in [0.1, 0.15) is 10.4 Å². The molecule has 0 bridgehead atoms. The van der Waals surface area contributed by atoms with Crippen LogP contribution < -0.4 is 15.4 Å². The van der Waals surface area contributed by atoms with Gasteiger partial charge in [0.2, 0.25) is 10.0 Å². The zero-order valence-electron chi connectivity index (χ0n) is 18.9. The Morgan fingerprint density at radius 2 is 1.76 bits per heavy atom. The summed E-state index contributed by atoms with van der Waals surface area (Å²) in [6.45, 7) is 3.00. The minimum Gasteiger partial charge on any atom is -0.490 e. The van der Waals surface area contributed by atoms with Gasteiger partial charge in [0.05, 0.1) is 17.1 Å². The highest BCUT2D eigenvalue weighted by atomic mass is 79.9. The Balaban J connectivity index is 1.62. The third kappa shape index (κ3) is 6.96. The number of nitrogens with one attached hydrogen (secondary N) is 2. The summed E-state index contributed by atoms with van der Waals surface area (Å²) in [5.41, 5.74) is 0.858. The van der Waals surface area contributed by atoms with Gasteiger partial charge in [-0.25, -0.2) is 8.42 Å². The number of hydrogen-bond acceptors (Lipinski definition) is 7. The van der Waals surface area contributed by atoms with Gasteiger partial charge in [-0.3, -0.25) is 10.1 Å². The Labute approximate surface area is 213 Å². The molecule has 1 aliphatic rings. The Kier molecular flexibility index (Phi) is 9.39. The number of nitrogens with zero attached hydrogens (tertiary/aromatic N) is 2. The summed E-state index contributed by atoms with van der Waals surface area (Å²) >= 11 is 8.62. The average Bonchev–Trinajstić information content (AvgIpc) is 2.80. The Morgan fingerprint density at radius 3 is 2.41 bits per heavy atom. The summed E-state index contributed by atoms with van der Waals surface area (Å²) in [4.78, 5) is 15.1. The van der Waals surface area contributed by atoms with E-state index < -0.39 is 15.9 Å². The second-order valence-corrected chi connectivity index (χ2v) is 10.9. The first kappa shape index (κ1) is 26.5. The predicted molar refractivity (Wildman–Crippen MR) is 138 cm³/mol. The maximum absolute atomic E-state index is 12.9. The summed E-state index contributed by atoms with van der Waals surface area (Å²) < 4.78 is 38.5. The largest absolute Gasteiger partial charge is 0.490 e. The molecule has 12 heteroatoms. The molecular weight excluding hydrogens is 544 g/mol. The van der Waals surface area contributed by atoms with Crippen LogP contribution in [0.2, 0.25) is 0 Å². The molecule has 0 aromatic heterocycles. The number of rotatable bonds is 8. The van der Waals surface area contributed by atoms with E-state index in [4.69, 9.17) is 21.7 Å². The second-order valence-electron chi connectivity index (χ2n) is 7.62. The van der Waals surface area contributed by atoms with E-state index in [1.165, 1.54) is 16.4 Å². The van der Waals surface area contributed by atoms with E-state index >= 15 is 0 Å². The molecule has 34 heavy (non-hydrogen) atoms. The van der Waals surface area contributed by atoms with Crippen molar-refractivity contribution in [3.63, 3.8) is 0 Å². The van der Waals surface area contributed by atoms with Crippen molar-refractivity contribution < 1.29 is 22.7 Å². The molecule has 2 aromatic rings. The molecule has 1 amide bonds. The lowest BCUT2D eigenvalue weighted by atomic mass is 10.2. The van der Waals surface area contributed by atoms with E-state index in [0.717, 1.165) is 0 Å². The van der Waals surface area contributed by atoms with Crippen LogP contribution in [-0.2, 0) is 14.8 Å². The number of anilines is 1. The molecule has 0 radical (unpaired) electrons. The molecule has 0 aliphatic carbocycles. The van der Waals surface area contributed by atoms with Gasteiger partial charge in [-0.2, -0.15) is 4.31 Å². The first-order valence-corrected chi connectivity index (χ1v) is 13.2. The van der Waals surface area contributed by atoms with Gasteiger partial charge in [-0.05, 0) is 61.7 Å². The number of hydrogen-bond donors (Lipinski definition) is 2. The van der Waals surface area contributed by atoms with Crippen LogP contribution >= 0.6 is 28.1 Å². The molecule has 9 nitrogen and oxygen atoms in total. The number of likely N-dealkylation sites (N-methyl/N-ethyl adjacent to an activating group) is 1. The first-order chi connectivity index (χ1) is 16.2. The van der Waals surface area contributed by atoms with Gasteiger partial charge in [-0.15, -0.1) is 0 Å². The Morgan fingerprint density at radius 1 is 1.09 bits per heavy atom. The third-order valence-electron chi connectivity index (χ3n) is 5.17. The number of amides is 1. The maximum Gasteiger partial charge on any atom is 0.261 e. The molecule has 1 heterocycles. The number of carbonyl (C=O) groups is 1. The summed E-state index contributed by atoms with van der Waals surface area (Å²) in [5, 5.41) is 5.60. The molecule has 1 aliphatic heterocycles. The normalized spacial score (nSPS) is 15.0. The summed E-state index contributed by atoms with van der Waals surface area (Å²) in [6.07, 6.45) is 0. The second kappa shape index (κ2) is 12.0. The minimum absolute atomic E-state index is 0.0718. The molecule has 0 atom stereocenters. The number of thiocarbonyl (C=S) groups is 1. The van der Waals surface area contributed by atoms with E-state index in [-0.39, 0.29) is 10.0 Å². The summed E-state index contributed by atoms with van der Waals surface area (Å²) in [6, 6.07) is 11.4. The topological polar surface area (TPSA) is 100 Å². The minimum atomic E-state index is -3.56. The standard InChI is InChI=1S/C22H27BrN4O5S2/c1-26-9-11-27(12-10-26)34(29,30)18-6-4-17(5-7-18)24-22(33)25-21(28)19-15-16(23)3-8-20(19)32-14-13-31-2/h3-8,15H,9-14H2,1-2H3,(H2,24,25,28,33). The molecule has 1 saturated heterocycles.